The second-order valence-electron chi connectivity index (χ2n) is 7.59. The van der Waals surface area contributed by atoms with Crippen LogP contribution < -0.4 is 5.73 Å². The fourth-order valence-electron chi connectivity index (χ4n) is 4.25. The number of hydrogen-bond donors (Lipinski definition) is 1. The van der Waals surface area contributed by atoms with Crippen molar-refractivity contribution in [1.82, 2.24) is 9.80 Å². The van der Waals surface area contributed by atoms with E-state index in [1.807, 2.05) is 11.9 Å². The topological polar surface area (TPSA) is 49.6 Å². The van der Waals surface area contributed by atoms with Gasteiger partial charge in [-0.05, 0) is 44.2 Å². The Bertz CT molecular complexity index is 543. The third-order valence-corrected chi connectivity index (χ3v) is 5.69. The van der Waals surface area contributed by atoms with Gasteiger partial charge in [-0.15, -0.1) is 24.8 Å². The number of carbonyl (C=O) groups is 1. The highest BCUT2D eigenvalue weighted by molar-refractivity contribution is 5.85. The summed E-state index contributed by atoms with van der Waals surface area (Å²) in [5.74, 6) is 0.458. The van der Waals surface area contributed by atoms with Crippen molar-refractivity contribution in [3.05, 3.63) is 35.9 Å². The van der Waals surface area contributed by atoms with Crippen molar-refractivity contribution < 1.29 is 4.79 Å². The Balaban J connectivity index is 0.00000169. The van der Waals surface area contributed by atoms with Crippen LogP contribution in [0.15, 0.2) is 30.3 Å². The fourth-order valence-corrected chi connectivity index (χ4v) is 4.25. The first-order valence-electron chi connectivity index (χ1n) is 9.42. The second kappa shape index (κ2) is 11.1. The minimum atomic E-state index is 0. The first-order valence-corrected chi connectivity index (χ1v) is 9.42. The lowest BCUT2D eigenvalue weighted by Gasteiger charge is -2.39. The van der Waals surface area contributed by atoms with Crippen molar-refractivity contribution in [2.45, 2.75) is 57.2 Å². The molecule has 1 saturated heterocycles. The van der Waals surface area contributed by atoms with Crippen molar-refractivity contribution in [1.29, 1.82) is 0 Å². The van der Waals surface area contributed by atoms with Gasteiger partial charge in [0.2, 0.25) is 5.91 Å². The van der Waals surface area contributed by atoms with Crippen LogP contribution in [-0.4, -0.2) is 47.9 Å². The van der Waals surface area contributed by atoms with Crippen molar-refractivity contribution in [2.24, 2.45) is 11.7 Å². The number of piperidine rings is 1. The molecule has 3 rings (SSSR count). The Morgan fingerprint density at radius 3 is 2.58 bits per heavy atom. The van der Waals surface area contributed by atoms with Crippen LogP contribution in [0.5, 0.6) is 0 Å². The number of likely N-dealkylation sites (tertiary alicyclic amines) is 1. The lowest BCUT2D eigenvalue weighted by atomic mass is 9.85. The Kier molecular flexibility index (Phi) is 9.94. The van der Waals surface area contributed by atoms with Crippen LogP contribution in [0.2, 0.25) is 0 Å². The summed E-state index contributed by atoms with van der Waals surface area (Å²) in [7, 11) is 2.00. The summed E-state index contributed by atoms with van der Waals surface area (Å²) >= 11 is 0. The number of amides is 1. The first kappa shape index (κ1) is 23.2. The molecule has 1 aliphatic carbocycles. The van der Waals surface area contributed by atoms with E-state index in [-0.39, 0.29) is 36.8 Å². The SMILES string of the molecule is CN(C(=O)C1CCCC(N)C1)C1CCCN(Cc2ccccc2)C1.Cl.Cl. The highest BCUT2D eigenvalue weighted by Crippen LogP contribution is 2.26. The Morgan fingerprint density at radius 1 is 1.15 bits per heavy atom. The highest BCUT2D eigenvalue weighted by atomic mass is 35.5. The average molecular weight is 402 g/mol. The van der Waals surface area contributed by atoms with Gasteiger partial charge in [-0.25, -0.2) is 0 Å². The normalized spacial score (nSPS) is 26.3. The molecule has 1 aromatic rings. The maximum atomic E-state index is 12.9. The summed E-state index contributed by atoms with van der Waals surface area (Å²) in [6, 6.07) is 11.2. The molecule has 1 aromatic carbocycles. The minimum Gasteiger partial charge on any atom is -0.341 e. The molecule has 26 heavy (non-hydrogen) atoms. The van der Waals surface area contributed by atoms with Crippen LogP contribution in [0.4, 0.5) is 0 Å². The third-order valence-electron chi connectivity index (χ3n) is 5.69. The number of likely N-dealkylation sites (N-methyl/N-ethyl adjacent to an activating group) is 1. The monoisotopic (exact) mass is 401 g/mol. The molecule has 2 fully saturated rings. The second-order valence-corrected chi connectivity index (χ2v) is 7.59. The van der Waals surface area contributed by atoms with Crippen LogP contribution in [0.25, 0.3) is 0 Å². The van der Waals surface area contributed by atoms with Gasteiger partial charge in [0, 0.05) is 38.1 Å². The lowest BCUT2D eigenvalue weighted by molar-refractivity contribution is -0.138. The van der Waals surface area contributed by atoms with E-state index in [4.69, 9.17) is 5.73 Å². The summed E-state index contributed by atoms with van der Waals surface area (Å²) in [6.07, 6.45) is 6.32. The zero-order valence-electron chi connectivity index (χ0n) is 15.7. The Labute approximate surface area is 170 Å². The molecule has 1 aliphatic heterocycles. The number of halogens is 2. The molecule has 4 nitrogen and oxygen atoms in total. The molecule has 0 aromatic heterocycles. The molecule has 2 aliphatic rings. The molecule has 2 N–H and O–H groups in total. The summed E-state index contributed by atoms with van der Waals surface area (Å²) in [5, 5.41) is 0. The standard InChI is InChI=1S/C20H31N3O.2ClH/c1-22(20(24)17-9-5-10-18(21)13-17)19-11-6-12-23(15-19)14-16-7-3-2-4-8-16;;/h2-4,7-8,17-19H,5-6,9-15,21H2,1H3;2*1H. The summed E-state index contributed by atoms with van der Waals surface area (Å²) in [5.41, 5.74) is 7.42. The fraction of sp³-hybridized carbons (Fsp3) is 0.650. The van der Waals surface area contributed by atoms with Crippen molar-refractivity contribution in [3.8, 4) is 0 Å². The van der Waals surface area contributed by atoms with E-state index in [1.54, 1.807) is 0 Å². The van der Waals surface area contributed by atoms with Gasteiger partial charge in [0.25, 0.3) is 0 Å². The summed E-state index contributed by atoms with van der Waals surface area (Å²) in [4.78, 5) is 17.4. The maximum absolute atomic E-state index is 12.9. The van der Waals surface area contributed by atoms with E-state index in [2.05, 4.69) is 35.2 Å². The minimum absolute atomic E-state index is 0. The molecular weight excluding hydrogens is 369 g/mol. The van der Waals surface area contributed by atoms with E-state index in [9.17, 15) is 4.79 Å². The Hall–Kier alpha value is -0.810. The Morgan fingerprint density at radius 2 is 1.88 bits per heavy atom. The largest absolute Gasteiger partial charge is 0.341 e. The van der Waals surface area contributed by atoms with Gasteiger partial charge in [0.15, 0.2) is 0 Å². The van der Waals surface area contributed by atoms with E-state index >= 15 is 0 Å². The number of carbonyl (C=O) groups excluding carboxylic acids is 1. The number of nitrogens with zero attached hydrogens (tertiary/aromatic N) is 2. The molecule has 3 unspecified atom stereocenters. The average Bonchev–Trinajstić information content (AvgIpc) is 2.61. The van der Waals surface area contributed by atoms with E-state index in [0.29, 0.717) is 11.9 Å². The van der Waals surface area contributed by atoms with E-state index < -0.39 is 0 Å². The van der Waals surface area contributed by atoms with Crippen molar-refractivity contribution in [2.75, 3.05) is 20.1 Å². The zero-order valence-corrected chi connectivity index (χ0v) is 17.3. The molecule has 0 radical (unpaired) electrons. The van der Waals surface area contributed by atoms with Crippen LogP contribution in [0.1, 0.15) is 44.1 Å². The van der Waals surface area contributed by atoms with Gasteiger partial charge < -0.3 is 10.6 Å². The van der Waals surface area contributed by atoms with Crippen LogP contribution in [-0.2, 0) is 11.3 Å². The molecule has 1 heterocycles. The molecule has 1 amide bonds. The predicted molar refractivity (Wildman–Crippen MR) is 112 cm³/mol. The molecule has 0 bridgehead atoms. The van der Waals surface area contributed by atoms with Gasteiger partial charge >= 0.3 is 0 Å². The van der Waals surface area contributed by atoms with E-state index in [1.165, 1.54) is 12.0 Å². The molecule has 6 heteroatoms. The molecule has 1 saturated carbocycles. The lowest BCUT2D eigenvalue weighted by Crippen LogP contribution is -2.50. The van der Waals surface area contributed by atoms with Gasteiger partial charge in [-0.2, -0.15) is 0 Å². The smallest absolute Gasteiger partial charge is 0.225 e. The quantitative estimate of drug-likeness (QED) is 0.839. The number of hydrogen-bond acceptors (Lipinski definition) is 3. The number of rotatable bonds is 4. The molecule has 3 atom stereocenters. The first-order chi connectivity index (χ1) is 11.6. The number of nitrogens with two attached hydrogens (primary N) is 1. The van der Waals surface area contributed by atoms with Gasteiger partial charge in [-0.1, -0.05) is 36.8 Å². The van der Waals surface area contributed by atoms with Crippen LogP contribution in [0, 0.1) is 5.92 Å². The third kappa shape index (κ3) is 6.12. The summed E-state index contributed by atoms with van der Waals surface area (Å²) < 4.78 is 0. The van der Waals surface area contributed by atoms with Crippen LogP contribution >= 0.6 is 24.8 Å². The molecular formula is C20H33Cl2N3O. The van der Waals surface area contributed by atoms with Gasteiger partial charge in [0.1, 0.15) is 0 Å². The van der Waals surface area contributed by atoms with E-state index in [0.717, 1.165) is 51.7 Å². The maximum Gasteiger partial charge on any atom is 0.225 e. The zero-order chi connectivity index (χ0) is 16.9. The number of benzene rings is 1. The molecule has 148 valence electrons. The van der Waals surface area contributed by atoms with Crippen LogP contribution in [0.3, 0.4) is 0 Å². The van der Waals surface area contributed by atoms with Crippen molar-refractivity contribution >= 4 is 30.7 Å². The highest BCUT2D eigenvalue weighted by Gasteiger charge is 2.32. The van der Waals surface area contributed by atoms with Gasteiger partial charge in [0.05, 0.1) is 0 Å². The van der Waals surface area contributed by atoms with Crippen molar-refractivity contribution in [3.63, 3.8) is 0 Å². The predicted octanol–water partition coefficient (Wildman–Crippen LogP) is 3.47. The molecule has 0 spiro atoms. The summed E-state index contributed by atoms with van der Waals surface area (Å²) in [6.45, 7) is 3.09. The van der Waals surface area contributed by atoms with Gasteiger partial charge in [-0.3, -0.25) is 9.69 Å².